The Morgan fingerprint density at radius 1 is 1.44 bits per heavy atom. The molecule has 0 atom stereocenters. The molecular weight excluding hydrogens is 235 g/mol. The number of amides is 1. The maximum Gasteiger partial charge on any atom is 0.269 e. The number of carbonyl (C=O) groups is 1. The molecule has 2 heterocycles. The van der Waals surface area contributed by atoms with Gasteiger partial charge in [-0.05, 0) is 12.1 Å². The highest BCUT2D eigenvalue weighted by Crippen LogP contribution is 1.98. The van der Waals surface area contributed by atoms with Crippen molar-refractivity contribution in [2.24, 2.45) is 0 Å². The molecule has 1 aliphatic rings. The summed E-state index contributed by atoms with van der Waals surface area (Å²) < 4.78 is 12.6. The topological polar surface area (TPSA) is 57.3 Å². The number of piperazine rings is 1. The fraction of sp³-hybridized carbons (Fsp3) is 0.500. The molecule has 5 nitrogen and oxygen atoms in total. The number of rotatable bonds is 4. The molecule has 98 valence electrons. The summed E-state index contributed by atoms with van der Waals surface area (Å²) in [4.78, 5) is 17.7. The van der Waals surface area contributed by atoms with Gasteiger partial charge in [-0.25, -0.2) is 9.37 Å². The Labute approximate surface area is 105 Å². The Morgan fingerprint density at radius 2 is 2.22 bits per heavy atom. The first-order valence-corrected chi connectivity index (χ1v) is 6.08. The third-order valence-corrected chi connectivity index (χ3v) is 2.88. The molecule has 1 amide bonds. The van der Waals surface area contributed by atoms with E-state index in [2.05, 4.69) is 20.5 Å². The van der Waals surface area contributed by atoms with Crippen molar-refractivity contribution in [1.82, 2.24) is 20.5 Å². The van der Waals surface area contributed by atoms with Crippen LogP contribution in [0, 0.1) is 5.82 Å². The van der Waals surface area contributed by atoms with Crippen molar-refractivity contribution >= 4 is 5.91 Å². The first-order valence-electron chi connectivity index (χ1n) is 6.08. The van der Waals surface area contributed by atoms with Crippen LogP contribution in [0.2, 0.25) is 0 Å². The van der Waals surface area contributed by atoms with Gasteiger partial charge in [-0.2, -0.15) is 0 Å². The van der Waals surface area contributed by atoms with Gasteiger partial charge in [-0.15, -0.1) is 0 Å². The van der Waals surface area contributed by atoms with Crippen LogP contribution in [-0.2, 0) is 0 Å². The Kier molecular flexibility index (Phi) is 4.60. The molecule has 0 saturated carbocycles. The highest BCUT2D eigenvalue weighted by Gasteiger charge is 2.10. The quantitative estimate of drug-likeness (QED) is 0.783. The Balaban J connectivity index is 1.72. The zero-order valence-electron chi connectivity index (χ0n) is 10.2. The normalized spacial score (nSPS) is 16.5. The molecule has 0 unspecified atom stereocenters. The zero-order chi connectivity index (χ0) is 12.8. The van der Waals surface area contributed by atoms with Crippen molar-refractivity contribution in [2.75, 3.05) is 39.3 Å². The number of nitrogens with one attached hydrogen (secondary N) is 2. The smallest absolute Gasteiger partial charge is 0.269 e. The number of carbonyl (C=O) groups excluding carboxylic acids is 1. The van der Waals surface area contributed by atoms with Gasteiger partial charge >= 0.3 is 0 Å². The van der Waals surface area contributed by atoms with Crippen LogP contribution in [0.15, 0.2) is 18.3 Å². The molecule has 18 heavy (non-hydrogen) atoms. The highest BCUT2D eigenvalue weighted by molar-refractivity contribution is 5.92. The van der Waals surface area contributed by atoms with Crippen molar-refractivity contribution in [3.63, 3.8) is 0 Å². The molecule has 1 fully saturated rings. The first-order chi connectivity index (χ1) is 8.75. The minimum absolute atomic E-state index is 0.247. The molecule has 1 aromatic heterocycles. The Hall–Kier alpha value is -1.53. The van der Waals surface area contributed by atoms with E-state index in [1.54, 1.807) is 0 Å². The highest BCUT2D eigenvalue weighted by atomic mass is 19.1. The van der Waals surface area contributed by atoms with Gasteiger partial charge in [0, 0.05) is 39.3 Å². The molecular formula is C12H17FN4O. The number of nitrogens with zero attached hydrogens (tertiary/aromatic N) is 2. The lowest BCUT2D eigenvalue weighted by Gasteiger charge is -2.27. The average Bonchev–Trinajstić information content (AvgIpc) is 2.40. The Morgan fingerprint density at radius 3 is 2.89 bits per heavy atom. The van der Waals surface area contributed by atoms with Gasteiger partial charge in [0.25, 0.3) is 5.91 Å². The molecule has 0 radical (unpaired) electrons. The van der Waals surface area contributed by atoms with Gasteiger partial charge in [-0.1, -0.05) is 0 Å². The summed E-state index contributed by atoms with van der Waals surface area (Å²) in [6, 6.07) is 2.62. The molecule has 1 aromatic rings. The summed E-state index contributed by atoms with van der Waals surface area (Å²) in [5.41, 5.74) is 0.247. The summed E-state index contributed by atoms with van der Waals surface area (Å²) in [6.45, 7) is 5.41. The van der Waals surface area contributed by atoms with E-state index in [0.717, 1.165) is 38.9 Å². The van der Waals surface area contributed by atoms with Gasteiger partial charge in [0.2, 0.25) is 0 Å². The Bertz CT molecular complexity index is 390. The van der Waals surface area contributed by atoms with Gasteiger partial charge in [0.15, 0.2) is 0 Å². The molecule has 0 aliphatic carbocycles. The van der Waals surface area contributed by atoms with Crippen LogP contribution >= 0.6 is 0 Å². The van der Waals surface area contributed by atoms with E-state index in [-0.39, 0.29) is 11.6 Å². The van der Waals surface area contributed by atoms with Crippen molar-refractivity contribution in [1.29, 1.82) is 0 Å². The molecule has 0 bridgehead atoms. The van der Waals surface area contributed by atoms with E-state index in [4.69, 9.17) is 0 Å². The lowest BCUT2D eigenvalue weighted by Crippen LogP contribution is -2.46. The van der Waals surface area contributed by atoms with Gasteiger partial charge < -0.3 is 10.6 Å². The first kappa shape index (κ1) is 12.9. The lowest BCUT2D eigenvalue weighted by atomic mass is 10.3. The minimum atomic E-state index is -0.438. The summed E-state index contributed by atoms with van der Waals surface area (Å²) >= 11 is 0. The SMILES string of the molecule is O=C(NCCN1CCNCC1)c1ccc(F)cn1. The largest absolute Gasteiger partial charge is 0.349 e. The summed E-state index contributed by atoms with van der Waals surface area (Å²) in [6.07, 6.45) is 1.05. The van der Waals surface area contributed by atoms with Crippen molar-refractivity contribution in [2.45, 2.75) is 0 Å². The van der Waals surface area contributed by atoms with Crippen molar-refractivity contribution in [3.8, 4) is 0 Å². The maximum atomic E-state index is 12.6. The van der Waals surface area contributed by atoms with Gasteiger partial charge in [-0.3, -0.25) is 9.69 Å². The molecule has 2 N–H and O–H groups in total. The average molecular weight is 252 g/mol. The fourth-order valence-electron chi connectivity index (χ4n) is 1.86. The predicted molar refractivity (Wildman–Crippen MR) is 65.8 cm³/mol. The minimum Gasteiger partial charge on any atom is -0.349 e. The van der Waals surface area contributed by atoms with E-state index < -0.39 is 5.82 Å². The molecule has 0 aromatic carbocycles. The fourth-order valence-corrected chi connectivity index (χ4v) is 1.86. The standard InChI is InChI=1S/C12H17FN4O/c13-10-1-2-11(16-9-10)12(18)15-5-8-17-6-3-14-4-7-17/h1-2,9,14H,3-8H2,(H,15,18). The van der Waals surface area contributed by atoms with Crippen LogP contribution < -0.4 is 10.6 Å². The molecule has 1 aliphatic heterocycles. The van der Waals surface area contributed by atoms with E-state index in [0.29, 0.717) is 6.54 Å². The number of aromatic nitrogens is 1. The van der Waals surface area contributed by atoms with Crippen LogP contribution in [0.3, 0.4) is 0 Å². The third-order valence-electron chi connectivity index (χ3n) is 2.88. The van der Waals surface area contributed by atoms with Crippen molar-refractivity contribution in [3.05, 3.63) is 29.8 Å². The predicted octanol–water partition coefficient (Wildman–Crippen LogP) is -0.144. The van der Waals surface area contributed by atoms with E-state index in [1.165, 1.54) is 12.1 Å². The van der Waals surface area contributed by atoms with E-state index >= 15 is 0 Å². The number of hydrogen-bond donors (Lipinski definition) is 2. The maximum absolute atomic E-state index is 12.6. The van der Waals surface area contributed by atoms with E-state index in [1.807, 2.05) is 0 Å². The summed E-state index contributed by atoms with van der Waals surface area (Å²) in [5, 5.41) is 6.05. The summed E-state index contributed by atoms with van der Waals surface area (Å²) in [5.74, 6) is -0.697. The van der Waals surface area contributed by atoms with Crippen LogP contribution in [-0.4, -0.2) is 55.1 Å². The second kappa shape index (κ2) is 6.42. The molecule has 6 heteroatoms. The number of halogens is 1. The van der Waals surface area contributed by atoms with E-state index in [9.17, 15) is 9.18 Å². The van der Waals surface area contributed by atoms with Gasteiger partial charge in [0.05, 0.1) is 6.20 Å². The monoisotopic (exact) mass is 252 g/mol. The van der Waals surface area contributed by atoms with Crippen LogP contribution in [0.25, 0.3) is 0 Å². The van der Waals surface area contributed by atoms with Crippen LogP contribution in [0.1, 0.15) is 10.5 Å². The summed E-state index contributed by atoms with van der Waals surface area (Å²) in [7, 11) is 0. The van der Waals surface area contributed by atoms with Crippen LogP contribution in [0.5, 0.6) is 0 Å². The molecule has 2 rings (SSSR count). The third kappa shape index (κ3) is 3.75. The number of pyridine rings is 1. The van der Waals surface area contributed by atoms with Crippen LogP contribution in [0.4, 0.5) is 4.39 Å². The number of hydrogen-bond acceptors (Lipinski definition) is 4. The zero-order valence-corrected chi connectivity index (χ0v) is 10.2. The molecule has 0 spiro atoms. The second-order valence-corrected chi connectivity index (χ2v) is 4.21. The molecule has 1 saturated heterocycles. The van der Waals surface area contributed by atoms with Crippen molar-refractivity contribution < 1.29 is 9.18 Å². The lowest BCUT2D eigenvalue weighted by molar-refractivity contribution is 0.0942. The second-order valence-electron chi connectivity index (χ2n) is 4.21. The van der Waals surface area contributed by atoms with Gasteiger partial charge in [0.1, 0.15) is 11.5 Å².